The molecule has 1 aromatic heterocycles. The normalized spacial score (nSPS) is 13.2. The molecular weight excluding hydrogens is 258 g/mol. The van der Waals surface area contributed by atoms with Crippen molar-refractivity contribution in [3.63, 3.8) is 0 Å². The summed E-state index contributed by atoms with van der Waals surface area (Å²) < 4.78 is 26.6. The number of sulfonamides is 1. The van der Waals surface area contributed by atoms with Crippen LogP contribution in [-0.2, 0) is 10.0 Å². The first-order chi connectivity index (χ1) is 8.03. The zero-order valence-electron chi connectivity index (χ0n) is 9.51. The number of thiophene rings is 1. The summed E-state index contributed by atoms with van der Waals surface area (Å²) >= 11 is 0.958. The van der Waals surface area contributed by atoms with Gasteiger partial charge < -0.3 is 5.73 Å². The fourth-order valence-corrected chi connectivity index (χ4v) is 3.78. The van der Waals surface area contributed by atoms with Gasteiger partial charge in [-0.15, -0.1) is 11.3 Å². The van der Waals surface area contributed by atoms with Gasteiger partial charge in [0.2, 0.25) is 10.0 Å². The third kappa shape index (κ3) is 3.78. The minimum Gasteiger partial charge on any atom is -0.329 e. The van der Waals surface area contributed by atoms with E-state index < -0.39 is 10.0 Å². The van der Waals surface area contributed by atoms with Crippen LogP contribution in [0.1, 0.15) is 24.6 Å². The maximum Gasteiger partial charge on any atom is 0.250 e. The van der Waals surface area contributed by atoms with Gasteiger partial charge in [-0.3, -0.25) is 0 Å². The smallest absolute Gasteiger partial charge is 0.250 e. The van der Waals surface area contributed by atoms with Crippen LogP contribution < -0.4 is 10.5 Å². The summed E-state index contributed by atoms with van der Waals surface area (Å²) in [6.45, 7) is 2.24. The molecule has 0 radical (unpaired) electrons. The van der Waals surface area contributed by atoms with Gasteiger partial charge in [0.25, 0.3) is 0 Å². The molecule has 1 aromatic rings. The molecule has 5 nitrogen and oxygen atoms in total. The van der Waals surface area contributed by atoms with Crippen LogP contribution in [-0.4, -0.2) is 21.0 Å². The predicted molar refractivity (Wildman–Crippen MR) is 67.1 cm³/mol. The highest BCUT2D eigenvalue weighted by Gasteiger charge is 2.20. The molecule has 0 spiro atoms. The van der Waals surface area contributed by atoms with E-state index >= 15 is 0 Å². The van der Waals surface area contributed by atoms with Crippen molar-refractivity contribution in [2.45, 2.75) is 30.0 Å². The van der Waals surface area contributed by atoms with Crippen LogP contribution in [0, 0.1) is 11.3 Å². The third-order valence-corrected chi connectivity index (χ3v) is 5.20. The van der Waals surface area contributed by atoms with Gasteiger partial charge in [0.1, 0.15) is 15.2 Å². The van der Waals surface area contributed by atoms with Gasteiger partial charge >= 0.3 is 0 Å². The molecule has 94 valence electrons. The molecule has 17 heavy (non-hydrogen) atoms. The SMILES string of the molecule is CCCC(CN)NS(=O)(=O)c1ccc(C#N)s1. The molecular formula is C10H15N3O2S2. The number of rotatable bonds is 6. The van der Waals surface area contributed by atoms with E-state index in [4.69, 9.17) is 11.0 Å². The average Bonchev–Trinajstić information content (AvgIpc) is 2.77. The predicted octanol–water partition coefficient (Wildman–Crippen LogP) is 1.03. The topological polar surface area (TPSA) is 96.0 Å². The van der Waals surface area contributed by atoms with Crippen LogP contribution in [0.15, 0.2) is 16.3 Å². The standard InChI is InChI=1S/C10H15N3O2S2/c1-2-3-8(6-11)13-17(14,15)10-5-4-9(7-12)16-10/h4-5,8,13H,2-3,6,11H2,1H3. The molecule has 0 saturated heterocycles. The van der Waals surface area contributed by atoms with E-state index in [2.05, 4.69) is 4.72 Å². The summed E-state index contributed by atoms with van der Waals surface area (Å²) in [6.07, 6.45) is 1.56. The summed E-state index contributed by atoms with van der Waals surface area (Å²) in [7, 11) is -3.55. The van der Waals surface area contributed by atoms with E-state index in [9.17, 15) is 8.42 Å². The van der Waals surface area contributed by atoms with Crippen LogP contribution in [0.4, 0.5) is 0 Å². The molecule has 1 atom stereocenters. The van der Waals surface area contributed by atoms with Gasteiger partial charge in [-0.25, -0.2) is 13.1 Å². The Hall–Kier alpha value is -0.940. The van der Waals surface area contributed by atoms with Crippen molar-refractivity contribution < 1.29 is 8.42 Å². The Balaban J connectivity index is 2.84. The van der Waals surface area contributed by atoms with Crippen molar-refractivity contribution in [1.82, 2.24) is 4.72 Å². The van der Waals surface area contributed by atoms with Crippen LogP contribution in [0.3, 0.4) is 0 Å². The maximum atomic E-state index is 11.9. The second kappa shape index (κ2) is 6.12. The second-order valence-electron chi connectivity index (χ2n) is 3.57. The molecule has 0 fully saturated rings. The van der Waals surface area contributed by atoms with Gasteiger partial charge in [0, 0.05) is 12.6 Å². The Morgan fingerprint density at radius 3 is 2.76 bits per heavy atom. The molecule has 3 N–H and O–H groups in total. The molecule has 1 heterocycles. The molecule has 1 unspecified atom stereocenters. The molecule has 0 aliphatic carbocycles. The van der Waals surface area contributed by atoms with Crippen LogP contribution >= 0.6 is 11.3 Å². The van der Waals surface area contributed by atoms with Gasteiger partial charge in [-0.2, -0.15) is 5.26 Å². The van der Waals surface area contributed by atoms with E-state index in [1.807, 2.05) is 13.0 Å². The van der Waals surface area contributed by atoms with Crippen molar-refractivity contribution in [3.8, 4) is 6.07 Å². The lowest BCUT2D eigenvalue weighted by Crippen LogP contribution is -2.39. The molecule has 7 heteroatoms. The zero-order valence-corrected chi connectivity index (χ0v) is 11.1. The average molecular weight is 273 g/mol. The molecule has 0 amide bonds. The number of nitrogens with zero attached hydrogens (tertiary/aromatic N) is 1. The molecule has 0 saturated carbocycles. The fraction of sp³-hybridized carbons (Fsp3) is 0.500. The summed E-state index contributed by atoms with van der Waals surface area (Å²) in [4.78, 5) is 0.380. The Morgan fingerprint density at radius 2 is 2.29 bits per heavy atom. The Kier molecular flexibility index (Phi) is 5.08. The van der Waals surface area contributed by atoms with Gasteiger partial charge in [-0.05, 0) is 18.6 Å². The second-order valence-corrected chi connectivity index (χ2v) is 6.60. The number of hydrogen-bond acceptors (Lipinski definition) is 5. The fourth-order valence-electron chi connectivity index (χ4n) is 1.38. The number of nitrogens with two attached hydrogens (primary N) is 1. The maximum absolute atomic E-state index is 11.9. The third-order valence-electron chi connectivity index (χ3n) is 2.20. The van der Waals surface area contributed by atoms with Crippen LogP contribution in [0.2, 0.25) is 0 Å². The number of nitriles is 1. The summed E-state index contributed by atoms with van der Waals surface area (Å²) in [5.74, 6) is 0. The van der Waals surface area contributed by atoms with E-state index in [0.29, 0.717) is 11.3 Å². The first kappa shape index (κ1) is 14.1. The highest BCUT2D eigenvalue weighted by Crippen LogP contribution is 2.21. The Morgan fingerprint density at radius 1 is 1.59 bits per heavy atom. The monoisotopic (exact) mass is 273 g/mol. The lowest BCUT2D eigenvalue weighted by atomic mass is 10.2. The summed E-state index contributed by atoms with van der Waals surface area (Å²) in [6, 6.07) is 4.59. The van der Waals surface area contributed by atoms with Crippen molar-refractivity contribution in [1.29, 1.82) is 5.26 Å². The van der Waals surface area contributed by atoms with Gasteiger partial charge in [0.05, 0.1) is 0 Å². The van der Waals surface area contributed by atoms with Crippen molar-refractivity contribution in [2.24, 2.45) is 5.73 Å². The lowest BCUT2D eigenvalue weighted by molar-refractivity contribution is 0.528. The first-order valence-electron chi connectivity index (χ1n) is 5.25. The van der Waals surface area contributed by atoms with Crippen molar-refractivity contribution in [2.75, 3.05) is 6.54 Å². The van der Waals surface area contributed by atoms with Gasteiger partial charge in [-0.1, -0.05) is 13.3 Å². The molecule has 1 rings (SSSR count). The van der Waals surface area contributed by atoms with E-state index in [1.165, 1.54) is 12.1 Å². The van der Waals surface area contributed by atoms with E-state index in [0.717, 1.165) is 17.8 Å². The minimum atomic E-state index is -3.55. The molecule has 0 aliphatic rings. The van der Waals surface area contributed by atoms with Crippen LogP contribution in [0.5, 0.6) is 0 Å². The van der Waals surface area contributed by atoms with Gasteiger partial charge in [0.15, 0.2) is 0 Å². The first-order valence-corrected chi connectivity index (χ1v) is 7.55. The highest BCUT2D eigenvalue weighted by atomic mass is 32.2. The highest BCUT2D eigenvalue weighted by molar-refractivity contribution is 7.91. The Bertz CT molecular complexity index is 502. The molecule has 0 aliphatic heterocycles. The van der Waals surface area contributed by atoms with E-state index in [1.54, 1.807) is 0 Å². The number of nitrogens with one attached hydrogen (secondary N) is 1. The summed E-state index contributed by atoms with van der Waals surface area (Å²) in [5.41, 5.74) is 5.50. The number of hydrogen-bond donors (Lipinski definition) is 2. The largest absolute Gasteiger partial charge is 0.329 e. The molecule has 0 bridgehead atoms. The quantitative estimate of drug-likeness (QED) is 0.809. The minimum absolute atomic E-state index is 0.156. The van der Waals surface area contributed by atoms with Crippen molar-refractivity contribution >= 4 is 21.4 Å². The lowest BCUT2D eigenvalue weighted by Gasteiger charge is -2.14. The zero-order chi connectivity index (χ0) is 12.9. The Labute approximate surface area is 105 Å². The molecule has 0 aromatic carbocycles. The summed E-state index contributed by atoms with van der Waals surface area (Å²) in [5, 5.41) is 8.65. The van der Waals surface area contributed by atoms with E-state index in [-0.39, 0.29) is 16.8 Å². The van der Waals surface area contributed by atoms with Crippen LogP contribution in [0.25, 0.3) is 0 Å². The van der Waals surface area contributed by atoms with Crippen molar-refractivity contribution in [3.05, 3.63) is 17.0 Å².